The fourth-order valence-electron chi connectivity index (χ4n) is 2.40. The summed E-state index contributed by atoms with van der Waals surface area (Å²) in [6.45, 7) is 2.20. The van der Waals surface area contributed by atoms with Gasteiger partial charge in [-0.2, -0.15) is 8.42 Å². The van der Waals surface area contributed by atoms with Gasteiger partial charge in [0.05, 0.1) is 5.75 Å². The summed E-state index contributed by atoms with van der Waals surface area (Å²) in [5, 5.41) is 10.8. The summed E-state index contributed by atoms with van der Waals surface area (Å²) in [7, 11) is -4.25. The van der Waals surface area contributed by atoms with Gasteiger partial charge in [-0.15, -0.1) is 0 Å². The van der Waals surface area contributed by atoms with Crippen molar-refractivity contribution in [2.45, 2.75) is 77.6 Å². The number of hydrogen-bond donors (Lipinski definition) is 1. The molecule has 0 aromatic rings. The summed E-state index contributed by atoms with van der Waals surface area (Å²) in [4.78, 5) is 10.8. The predicted octanol–water partition coefficient (Wildman–Crippen LogP) is -0.445. The minimum atomic E-state index is -4.25. The Morgan fingerprint density at radius 2 is 1.36 bits per heavy atom. The molecule has 0 heterocycles. The number of unbranched alkanes of at least 4 members (excludes halogenated alkanes) is 9. The van der Waals surface area contributed by atoms with E-state index in [9.17, 15) is 18.3 Å². The zero-order chi connectivity index (χ0) is 16.1. The van der Waals surface area contributed by atoms with Gasteiger partial charge in [-0.1, -0.05) is 71.1 Å². The van der Waals surface area contributed by atoms with Crippen LogP contribution in [0.25, 0.3) is 0 Å². The maximum atomic E-state index is 10.8. The first-order chi connectivity index (χ1) is 9.87. The Morgan fingerprint density at radius 1 is 0.955 bits per heavy atom. The van der Waals surface area contributed by atoms with Crippen LogP contribution in [0.2, 0.25) is 0 Å². The molecule has 0 saturated heterocycles. The maximum absolute atomic E-state index is 10.8. The van der Waals surface area contributed by atoms with Gasteiger partial charge in [-0.25, -0.2) is 0 Å². The topological polar surface area (TPSA) is 94.5 Å². The molecule has 0 aliphatic heterocycles. The molecule has 0 aliphatic carbocycles. The molecule has 0 spiro atoms. The second-order valence-electron chi connectivity index (χ2n) is 5.74. The summed E-state index contributed by atoms with van der Waals surface area (Å²) in [6.07, 6.45) is 11.6. The minimum absolute atomic E-state index is 0. The summed E-state index contributed by atoms with van der Waals surface area (Å²) in [5.74, 6) is -3.25. The van der Waals surface area contributed by atoms with E-state index in [0.717, 1.165) is 19.3 Å². The Kier molecular flexibility index (Phi) is 16.7. The van der Waals surface area contributed by atoms with Crippen LogP contribution in [-0.2, 0) is 14.9 Å². The molecule has 0 aromatic heterocycles. The molecule has 0 aliphatic rings. The van der Waals surface area contributed by atoms with E-state index in [1.54, 1.807) is 0 Å². The molecule has 0 aromatic carbocycles. The third kappa shape index (κ3) is 16.7. The molecule has 0 radical (unpaired) electrons. The maximum Gasteiger partial charge on any atom is 1.00 e. The smallest absolute Gasteiger partial charge is 0.550 e. The molecule has 5 nitrogen and oxygen atoms in total. The van der Waals surface area contributed by atoms with E-state index >= 15 is 0 Å². The van der Waals surface area contributed by atoms with Crippen molar-refractivity contribution in [2.24, 2.45) is 5.92 Å². The van der Waals surface area contributed by atoms with Crippen molar-refractivity contribution in [1.29, 1.82) is 0 Å². The van der Waals surface area contributed by atoms with Gasteiger partial charge in [-0.3, -0.25) is 4.55 Å². The van der Waals surface area contributed by atoms with Crippen molar-refractivity contribution in [2.75, 3.05) is 5.75 Å². The SMILES string of the molecule is CCCCCCCCCCCCC(CS(=O)(=O)O)C(=O)[O-].[Na+]. The van der Waals surface area contributed by atoms with Crippen LogP contribution in [0.15, 0.2) is 0 Å². The third-order valence-electron chi connectivity index (χ3n) is 3.65. The number of carboxylic acid groups (broad SMARTS) is 1. The number of rotatable bonds is 14. The van der Waals surface area contributed by atoms with Crippen LogP contribution in [0.4, 0.5) is 0 Å². The average Bonchev–Trinajstić information content (AvgIpc) is 2.38. The minimum Gasteiger partial charge on any atom is -0.550 e. The quantitative estimate of drug-likeness (QED) is 0.262. The molecule has 1 atom stereocenters. The molecular formula is C15H29NaO5S. The van der Waals surface area contributed by atoms with E-state index in [0.29, 0.717) is 6.42 Å². The van der Waals surface area contributed by atoms with E-state index in [1.165, 1.54) is 38.5 Å². The van der Waals surface area contributed by atoms with Crippen molar-refractivity contribution >= 4 is 16.1 Å². The second-order valence-corrected chi connectivity index (χ2v) is 7.23. The summed E-state index contributed by atoms with van der Waals surface area (Å²) >= 11 is 0. The number of carbonyl (C=O) groups is 1. The first kappa shape index (κ1) is 24.6. The Balaban J connectivity index is 0. The first-order valence-corrected chi connectivity index (χ1v) is 9.63. The molecule has 0 saturated carbocycles. The van der Waals surface area contributed by atoms with Gasteiger partial charge >= 0.3 is 29.6 Å². The molecule has 1 unspecified atom stereocenters. The molecule has 22 heavy (non-hydrogen) atoms. The molecular weight excluding hydrogens is 315 g/mol. The first-order valence-electron chi connectivity index (χ1n) is 8.03. The summed E-state index contributed by atoms with van der Waals surface area (Å²) in [6, 6.07) is 0. The van der Waals surface area contributed by atoms with Crippen LogP contribution >= 0.6 is 0 Å². The monoisotopic (exact) mass is 344 g/mol. The third-order valence-corrected chi connectivity index (χ3v) is 4.47. The van der Waals surface area contributed by atoms with E-state index in [-0.39, 0.29) is 36.0 Å². The van der Waals surface area contributed by atoms with Crippen molar-refractivity contribution in [3.63, 3.8) is 0 Å². The molecule has 0 amide bonds. The second kappa shape index (κ2) is 14.9. The summed E-state index contributed by atoms with van der Waals surface area (Å²) < 4.78 is 30.1. The van der Waals surface area contributed by atoms with E-state index in [4.69, 9.17) is 4.55 Å². The van der Waals surface area contributed by atoms with Gasteiger partial charge in [-0.05, 0) is 6.42 Å². The Hall–Kier alpha value is 0.380. The Labute approximate surface area is 157 Å². The van der Waals surface area contributed by atoms with Gasteiger partial charge in [0.15, 0.2) is 0 Å². The van der Waals surface area contributed by atoms with Gasteiger partial charge in [0.2, 0.25) is 0 Å². The van der Waals surface area contributed by atoms with Crippen LogP contribution in [-0.4, -0.2) is 24.7 Å². The van der Waals surface area contributed by atoms with Crippen molar-refractivity contribution in [3.05, 3.63) is 0 Å². The molecule has 0 rings (SSSR count). The number of aliphatic carboxylic acids is 1. The van der Waals surface area contributed by atoms with Crippen LogP contribution in [0.5, 0.6) is 0 Å². The van der Waals surface area contributed by atoms with Crippen molar-refractivity contribution < 1.29 is 52.4 Å². The Morgan fingerprint density at radius 3 is 1.73 bits per heavy atom. The van der Waals surface area contributed by atoms with Crippen molar-refractivity contribution in [1.82, 2.24) is 0 Å². The number of carboxylic acids is 1. The molecule has 1 N–H and O–H groups in total. The summed E-state index contributed by atoms with van der Waals surface area (Å²) in [5.41, 5.74) is 0. The van der Waals surface area contributed by atoms with Crippen LogP contribution < -0.4 is 34.7 Å². The number of hydrogen-bond acceptors (Lipinski definition) is 4. The van der Waals surface area contributed by atoms with Gasteiger partial charge in [0.1, 0.15) is 0 Å². The van der Waals surface area contributed by atoms with E-state index < -0.39 is 27.8 Å². The van der Waals surface area contributed by atoms with E-state index in [2.05, 4.69) is 6.92 Å². The molecule has 7 heteroatoms. The standard InChI is InChI=1S/C15H30O5S.Na/c1-2-3-4-5-6-7-8-9-10-11-12-14(15(16)17)13-21(18,19)20;/h14H,2-13H2,1H3,(H,16,17)(H,18,19,20);/q;+1/p-1. The van der Waals surface area contributed by atoms with Crippen LogP contribution in [0, 0.1) is 5.92 Å². The predicted molar refractivity (Wildman–Crippen MR) is 81.4 cm³/mol. The van der Waals surface area contributed by atoms with E-state index in [1.807, 2.05) is 0 Å². The van der Waals surface area contributed by atoms with Crippen LogP contribution in [0.3, 0.4) is 0 Å². The zero-order valence-corrected chi connectivity index (χ0v) is 16.9. The van der Waals surface area contributed by atoms with Gasteiger partial charge < -0.3 is 9.90 Å². The van der Waals surface area contributed by atoms with Crippen LogP contribution in [0.1, 0.15) is 77.6 Å². The molecule has 0 fully saturated rings. The molecule has 0 bridgehead atoms. The zero-order valence-electron chi connectivity index (χ0n) is 14.1. The average molecular weight is 344 g/mol. The largest absolute Gasteiger partial charge is 1.00 e. The Bertz CT molecular complexity index is 370. The molecule has 126 valence electrons. The van der Waals surface area contributed by atoms with Gasteiger partial charge in [0, 0.05) is 11.9 Å². The van der Waals surface area contributed by atoms with Crippen molar-refractivity contribution in [3.8, 4) is 0 Å². The van der Waals surface area contributed by atoms with Gasteiger partial charge in [0.25, 0.3) is 10.1 Å². The number of carbonyl (C=O) groups excluding carboxylic acids is 1. The fraction of sp³-hybridized carbons (Fsp3) is 0.933. The fourth-order valence-corrected chi connectivity index (χ4v) is 3.21. The normalized spacial score (nSPS) is 12.6.